The first kappa shape index (κ1) is 18.9. The van der Waals surface area contributed by atoms with Crippen molar-refractivity contribution in [1.29, 1.82) is 0 Å². The molecule has 29 heavy (non-hydrogen) atoms. The Morgan fingerprint density at radius 2 is 1.97 bits per heavy atom. The van der Waals surface area contributed by atoms with Gasteiger partial charge in [0.25, 0.3) is 5.91 Å². The van der Waals surface area contributed by atoms with Gasteiger partial charge in [0, 0.05) is 35.2 Å². The fourth-order valence-corrected chi connectivity index (χ4v) is 5.83. The first-order valence-electron chi connectivity index (χ1n) is 9.14. The highest BCUT2D eigenvalue weighted by Crippen LogP contribution is 2.41. The van der Waals surface area contributed by atoms with E-state index in [1.807, 2.05) is 18.2 Å². The smallest absolute Gasteiger partial charge is 0.265 e. The van der Waals surface area contributed by atoms with Gasteiger partial charge >= 0.3 is 0 Å². The Morgan fingerprint density at radius 3 is 2.69 bits per heavy atom. The van der Waals surface area contributed by atoms with Gasteiger partial charge in [-0.1, -0.05) is 47.5 Å². The third kappa shape index (κ3) is 3.01. The first-order chi connectivity index (χ1) is 13.9. The fraction of sp³-hybridized carbons (Fsp3) is 0.238. The number of carbonyl (C=O) groups is 2. The quantitative estimate of drug-likeness (QED) is 0.591. The Bertz CT molecular complexity index is 1190. The number of nitrogens with zero attached hydrogens (tertiary/aromatic N) is 1. The van der Waals surface area contributed by atoms with Crippen molar-refractivity contribution in [2.45, 2.75) is 18.4 Å². The molecule has 0 radical (unpaired) electrons. The summed E-state index contributed by atoms with van der Waals surface area (Å²) in [6.07, 6.45) is 1.27. The summed E-state index contributed by atoms with van der Waals surface area (Å²) < 4.78 is 14.6. The number of benzene rings is 2. The van der Waals surface area contributed by atoms with Gasteiger partial charge in [-0.25, -0.2) is 4.39 Å². The van der Waals surface area contributed by atoms with Crippen LogP contribution in [0.1, 0.15) is 22.5 Å². The number of hydrogen-bond donors (Lipinski definition) is 1. The number of rotatable bonds is 2. The van der Waals surface area contributed by atoms with Gasteiger partial charge in [-0.15, -0.1) is 11.3 Å². The van der Waals surface area contributed by atoms with Crippen LogP contribution in [0.4, 0.5) is 4.39 Å². The summed E-state index contributed by atoms with van der Waals surface area (Å²) in [6, 6.07) is 10.2. The van der Waals surface area contributed by atoms with E-state index in [1.165, 1.54) is 17.4 Å². The van der Waals surface area contributed by atoms with Crippen molar-refractivity contribution in [3.63, 3.8) is 0 Å². The minimum Gasteiger partial charge on any atom is -0.347 e. The molecule has 3 heterocycles. The number of carbonyl (C=O) groups excluding carboxylic acids is 2. The Morgan fingerprint density at radius 1 is 1.17 bits per heavy atom. The molecule has 0 saturated carbocycles. The zero-order chi connectivity index (χ0) is 20.3. The van der Waals surface area contributed by atoms with E-state index < -0.39 is 5.82 Å². The summed E-state index contributed by atoms with van der Waals surface area (Å²) >= 11 is 13.9. The van der Waals surface area contributed by atoms with Gasteiger partial charge in [0.15, 0.2) is 0 Å². The standard InChI is InChI=1S/C21H15Cl2FN2O2S/c22-17-12(2-1-3-14(17)24)11-4-5-13-15(8-11)29-19(18(13)23)20(28)26-9-21(10-26)7-6-16(27)25-21/h1-5,8H,6-7,9-10H2,(H,25,27). The summed E-state index contributed by atoms with van der Waals surface area (Å²) in [5, 5.41) is 4.24. The van der Waals surface area contributed by atoms with Crippen LogP contribution >= 0.6 is 34.5 Å². The Labute approximate surface area is 180 Å². The third-order valence-electron chi connectivity index (χ3n) is 5.60. The largest absolute Gasteiger partial charge is 0.347 e. The number of thiophene rings is 1. The molecular formula is C21H15Cl2FN2O2S. The van der Waals surface area contributed by atoms with Crippen LogP contribution in [0, 0.1) is 5.82 Å². The van der Waals surface area contributed by atoms with Crippen molar-refractivity contribution in [3.8, 4) is 11.1 Å². The minimum absolute atomic E-state index is 0.0422. The lowest BCUT2D eigenvalue weighted by molar-refractivity contribution is -0.120. The molecule has 2 fully saturated rings. The van der Waals surface area contributed by atoms with Crippen LogP contribution in [-0.4, -0.2) is 35.3 Å². The third-order valence-corrected chi connectivity index (χ3v) is 7.63. The van der Waals surface area contributed by atoms with Crippen LogP contribution < -0.4 is 5.32 Å². The molecular weight excluding hydrogens is 434 g/mol. The molecule has 1 N–H and O–H groups in total. The highest BCUT2D eigenvalue weighted by atomic mass is 35.5. The zero-order valence-corrected chi connectivity index (χ0v) is 17.4. The van der Waals surface area contributed by atoms with Crippen LogP contribution in [0.5, 0.6) is 0 Å². The number of amides is 2. The summed E-state index contributed by atoms with van der Waals surface area (Å²) in [6.45, 7) is 1.01. The minimum atomic E-state index is -0.477. The molecule has 1 aromatic heterocycles. The second kappa shape index (κ2) is 6.69. The first-order valence-corrected chi connectivity index (χ1v) is 10.7. The number of likely N-dealkylation sites (tertiary alicyclic amines) is 1. The molecule has 8 heteroatoms. The van der Waals surface area contributed by atoms with Crippen LogP contribution in [0.25, 0.3) is 21.2 Å². The van der Waals surface area contributed by atoms with Crippen molar-refractivity contribution >= 4 is 56.4 Å². The van der Waals surface area contributed by atoms with Gasteiger partial charge in [0.1, 0.15) is 10.7 Å². The second-order valence-corrected chi connectivity index (χ2v) is 9.36. The Hall–Kier alpha value is -2.15. The number of hydrogen-bond acceptors (Lipinski definition) is 3. The van der Waals surface area contributed by atoms with E-state index >= 15 is 0 Å². The highest BCUT2D eigenvalue weighted by molar-refractivity contribution is 7.21. The summed E-state index contributed by atoms with van der Waals surface area (Å²) in [5.41, 5.74) is 1.08. The van der Waals surface area contributed by atoms with Gasteiger partial charge in [-0.05, 0) is 24.1 Å². The molecule has 2 aromatic carbocycles. The SMILES string of the molecule is O=C1CCC2(CN(C(=O)c3sc4cc(-c5cccc(F)c5Cl)ccc4c3Cl)C2)N1. The summed E-state index contributed by atoms with van der Waals surface area (Å²) in [7, 11) is 0. The molecule has 2 aliphatic heterocycles. The van der Waals surface area contributed by atoms with E-state index in [9.17, 15) is 14.0 Å². The maximum absolute atomic E-state index is 13.8. The molecule has 0 aliphatic carbocycles. The van der Waals surface area contributed by atoms with E-state index in [2.05, 4.69) is 5.32 Å². The number of nitrogens with one attached hydrogen (secondary N) is 1. The van der Waals surface area contributed by atoms with Crippen molar-refractivity contribution in [2.75, 3.05) is 13.1 Å². The molecule has 3 aromatic rings. The Balaban J connectivity index is 1.45. The van der Waals surface area contributed by atoms with Crippen molar-refractivity contribution < 1.29 is 14.0 Å². The number of fused-ring (bicyclic) bond motifs is 1. The summed E-state index contributed by atoms with van der Waals surface area (Å²) in [5.74, 6) is -0.566. The fourth-order valence-electron chi connectivity index (χ4n) is 4.08. The lowest BCUT2D eigenvalue weighted by Crippen LogP contribution is -2.68. The topological polar surface area (TPSA) is 49.4 Å². The van der Waals surface area contributed by atoms with E-state index in [4.69, 9.17) is 23.2 Å². The predicted molar refractivity (Wildman–Crippen MR) is 113 cm³/mol. The Kier molecular flexibility index (Phi) is 4.35. The van der Waals surface area contributed by atoms with Crippen molar-refractivity contribution in [1.82, 2.24) is 10.2 Å². The average molecular weight is 449 g/mol. The molecule has 0 unspecified atom stereocenters. The van der Waals surface area contributed by atoms with Crippen molar-refractivity contribution in [2.24, 2.45) is 0 Å². The molecule has 5 rings (SSSR count). The summed E-state index contributed by atoms with van der Waals surface area (Å²) in [4.78, 5) is 26.6. The zero-order valence-electron chi connectivity index (χ0n) is 15.1. The van der Waals surface area contributed by atoms with Gasteiger partial charge in [0.05, 0.1) is 15.6 Å². The van der Waals surface area contributed by atoms with E-state index in [1.54, 1.807) is 17.0 Å². The van der Waals surface area contributed by atoms with E-state index in [0.29, 0.717) is 35.0 Å². The number of halogens is 3. The molecule has 1 spiro atoms. The van der Waals surface area contributed by atoms with Crippen LogP contribution in [0.3, 0.4) is 0 Å². The lowest BCUT2D eigenvalue weighted by atomic mass is 9.88. The molecule has 2 amide bonds. The maximum Gasteiger partial charge on any atom is 0.265 e. The van der Waals surface area contributed by atoms with E-state index in [0.717, 1.165) is 22.1 Å². The van der Waals surface area contributed by atoms with Crippen LogP contribution in [-0.2, 0) is 4.79 Å². The lowest BCUT2D eigenvalue weighted by Gasteiger charge is -2.47. The van der Waals surface area contributed by atoms with Gasteiger partial charge in [-0.3, -0.25) is 9.59 Å². The maximum atomic E-state index is 13.8. The van der Waals surface area contributed by atoms with Gasteiger partial charge in [-0.2, -0.15) is 0 Å². The molecule has 2 saturated heterocycles. The van der Waals surface area contributed by atoms with Crippen LogP contribution in [0.2, 0.25) is 10.0 Å². The van der Waals surface area contributed by atoms with Crippen molar-refractivity contribution in [3.05, 3.63) is 57.1 Å². The highest BCUT2D eigenvalue weighted by Gasteiger charge is 2.49. The predicted octanol–water partition coefficient (Wildman–Crippen LogP) is 5.12. The second-order valence-electron chi connectivity index (χ2n) is 7.55. The molecule has 2 aliphatic rings. The monoisotopic (exact) mass is 448 g/mol. The van der Waals surface area contributed by atoms with E-state index in [-0.39, 0.29) is 22.4 Å². The normalized spacial score (nSPS) is 17.6. The molecule has 0 bridgehead atoms. The van der Waals surface area contributed by atoms with Gasteiger partial charge in [0.2, 0.25) is 5.91 Å². The molecule has 148 valence electrons. The average Bonchev–Trinajstić information content (AvgIpc) is 3.23. The van der Waals surface area contributed by atoms with Crippen LogP contribution in [0.15, 0.2) is 36.4 Å². The molecule has 0 atom stereocenters. The molecule has 4 nitrogen and oxygen atoms in total. The van der Waals surface area contributed by atoms with Gasteiger partial charge < -0.3 is 10.2 Å².